The highest BCUT2D eigenvalue weighted by atomic mass is 35.5. The standard InChI is InChI=1S/C32H29ClFN5O4/c1-35-22-7-8-27(26(34)16-22)38-13-11-37(12-14-38)17-20-5-6-21(25(33)15-20)19-43-29-4-2-3-23-24(29)18-39(32(23)42)28-9-10-30(40)36-31(28)41/h2-8,15-16,28H,9-14,17-19H2,(H,36,40,41)/t28-/m0/s1. The summed E-state index contributed by atoms with van der Waals surface area (Å²) in [5.74, 6) is -0.836. The summed E-state index contributed by atoms with van der Waals surface area (Å²) < 4.78 is 20.6. The predicted molar refractivity (Wildman–Crippen MR) is 158 cm³/mol. The van der Waals surface area contributed by atoms with Gasteiger partial charge in [0.25, 0.3) is 5.91 Å². The van der Waals surface area contributed by atoms with E-state index in [1.165, 1.54) is 11.0 Å². The van der Waals surface area contributed by atoms with Crippen LogP contribution in [0.4, 0.5) is 15.8 Å². The molecule has 3 amide bonds. The lowest BCUT2D eigenvalue weighted by atomic mass is 10.0. The van der Waals surface area contributed by atoms with Gasteiger partial charge in [0.05, 0.1) is 18.8 Å². The molecule has 3 heterocycles. The average Bonchev–Trinajstić information content (AvgIpc) is 3.33. The van der Waals surface area contributed by atoms with Crippen LogP contribution in [0.1, 0.15) is 39.9 Å². The number of nitrogens with zero attached hydrogens (tertiary/aromatic N) is 4. The van der Waals surface area contributed by atoms with Crippen LogP contribution in [-0.2, 0) is 29.3 Å². The second kappa shape index (κ2) is 12.0. The summed E-state index contributed by atoms with van der Waals surface area (Å²) in [6.45, 7) is 11.1. The Morgan fingerprint density at radius 3 is 2.58 bits per heavy atom. The quantitative estimate of drug-likeness (QED) is 0.312. The van der Waals surface area contributed by atoms with Crippen LogP contribution in [0.5, 0.6) is 5.75 Å². The lowest BCUT2D eigenvalue weighted by Crippen LogP contribution is -2.52. The fourth-order valence-electron chi connectivity index (χ4n) is 5.88. The van der Waals surface area contributed by atoms with Crippen molar-refractivity contribution in [3.8, 4) is 5.75 Å². The highest BCUT2D eigenvalue weighted by Gasteiger charge is 2.40. The van der Waals surface area contributed by atoms with Crippen molar-refractivity contribution in [2.24, 2.45) is 0 Å². The van der Waals surface area contributed by atoms with E-state index >= 15 is 0 Å². The largest absolute Gasteiger partial charge is 0.488 e. The zero-order valence-corrected chi connectivity index (χ0v) is 24.1. The van der Waals surface area contributed by atoms with Gasteiger partial charge in [-0.2, -0.15) is 0 Å². The van der Waals surface area contributed by atoms with Gasteiger partial charge in [0.1, 0.15) is 24.2 Å². The molecule has 3 aromatic rings. The van der Waals surface area contributed by atoms with Crippen molar-refractivity contribution in [2.45, 2.75) is 38.6 Å². The van der Waals surface area contributed by atoms with Crippen LogP contribution in [0.25, 0.3) is 4.85 Å². The maximum absolute atomic E-state index is 14.5. The molecule has 1 N–H and O–H groups in total. The molecule has 11 heteroatoms. The molecular formula is C32H29ClFN5O4. The van der Waals surface area contributed by atoms with Crippen LogP contribution in [0.3, 0.4) is 0 Å². The molecule has 1 atom stereocenters. The molecule has 43 heavy (non-hydrogen) atoms. The van der Waals surface area contributed by atoms with Crippen LogP contribution < -0.4 is 15.0 Å². The monoisotopic (exact) mass is 601 g/mol. The number of carbonyl (C=O) groups is 3. The summed E-state index contributed by atoms with van der Waals surface area (Å²) in [7, 11) is 0. The molecule has 2 saturated heterocycles. The summed E-state index contributed by atoms with van der Waals surface area (Å²) in [6, 6.07) is 15.1. The van der Waals surface area contributed by atoms with Crippen LogP contribution in [0.15, 0.2) is 54.6 Å². The summed E-state index contributed by atoms with van der Waals surface area (Å²) in [4.78, 5) is 46.1. The fourth-order valence-corrected chi connectivity index (χ4v) is 6.14. The third-order valence-corrected chi connectivity index (χ3v) is 8.57. The third kappa shape index (κ3) is 5.91. The Labute approximate surface area is 253 Å². The second-order valence-electron chi connectivity index (χ2n) is 10.9. The molecule has 0 saturated carbocycles. The number of imide groups is 1. The lowest BCUT2D eigenvalue weighted by molar-refractivity contribution is -0.136. The lowest BCUT2D eigenvalue weighted by Gasteiger charge is -2.36. The Bertz CT molecular complexity index is 1650. The number of anilines is 1. The molecule has 220 valence electrons. The van der Waals surface area contributed by atoms with Gasteiger partial charge in [-0.05, 0) is 42.3 Å². The number of rotatable bonds is 7. The molecule has 0 aromatic heterocycles. The number of ether oxygens (including phenoxy) is 1. The van der Waals surface area contributed by atoms with Crippen molar-refractivity contribution in [2.75, 3.05) is 31.1 Å². The number of nitrogens with one attached hydrogen (secondary N) is 1. The third-order valence-electron chi connectivity index (χ3n) is 8.22. The van der Waals surface area contributed by atoms with Crippen LogP contribution >= 0.6 is 11.6 Å². The predicted octanol–water partition coefficient (Wildman–Crippen LogP) is 4.69. The minimum atomic E-state index is -0.687. The van der Waals surface area contributed by atoms with E-state index in [1.54, 1.807) is 30.3 Å². The molecule has 3 aliphatic heterocycles. The van der Waals surface area contributed by atoms with E-state index in [-0.39, 0.29) is 37.2 Å². The summed E-state index contributed by atoms with van der Waals surface area (Å²) in [6.07, 6.45) is 0.499. The molecule has 3 aliphatic rings. The molecule has 0 bridgehead atoms. The topological polar surface area (TPSA) is 86.6 Å². The molecule has 0 unspecified atom stereocenters. The Morgan fingerprint density at radius 1 is 1.05 bits per heavy atom. The molecule has 0 spiro atoms. The first-order chi connectivity index (χ1) is 20.8. The van der Waals surface area contributed by atoms with E-state index in [4.69, 9.17) is 22.9 Å². The van der Waals surface area contributed by atoms with Crippen LogP contribution in [0.2, 0.25) is 5.02 Å². The van der Waals surface area contributed by atoms with Crippen LogP contribution in [-0.4, -0.2) is 59.7 Å². The Balaban J connectivity index is 1.05. The maximum atomic E-state index is 14.5. The average molecular weight is 602 g/mol. The number of piperazine rings is 1. The first-order valence-electron chi connectivity index (χ1n) is 14.1. The minimum Gasteiger partial charge on any atom is -0.488 e. The fraction of sp³-hybridized carbons (Fsp3) is 0.312. The molecule has 0 radical (unpaired) electrons. The first kappa shape index (κ1) is 28.6. The minimum absolute atomic E-state index is 0.198. The Morgan fingerprint density at radius 2 is 1.86 bits per heavy atom. The summed E-state index contributed by atoms with van der Waals surface area (Å²) in [5.41, 5.74) is 3.89. The van der Waals surface area contributed by atoms with Crippen molar-refractivity contribution >= 4 is 40.7 Å². The van der Waals surface area contributed by atoms with Gasteiger partial charge in [-0.3, -0.25) is 24.6 Å². The van der Waals surface area contributed by atoms with Crippen molar-refractivity contribution in [1.29, 1.82) is 0 Å². The number of benzene rings is 3. The van der Waals surface area contributed by atoms with Gasteiger partial charge in [0, 0.05) is 60.9 Å². The van der Waals surface area contributed by atoms with E-state index < -0.39 is 11.9 Å². The Hall–Kier alpha value is -4.46. The first-order valence-corrected chi connectivity index (χ1v) is 14.5. The van der Waals surface area contributed by atoms with Gasteiger partial charge in [0.15, 0.2) is 5.69 Å². The van der Waals surface area contributed by atoms with Crippen molar-refractivity contribution in [1.82, 2.24) is 15.1 Å². The van der Waals surface area contributed by atoms with Crippen molar-refractivity contribution < 1.29 is 23.5 Å². The van der Waals surface area contributed by atoms with Crippen molar-refractivity contribution in [3.05, 3.63) is 99.1 Å². The smallest absolute Gasteiger partial charge is 0.255 e. The molecule has 3 aromatic carbocycles. The second-order valence-corrected chi connectivity index (χ2v) is 11.3. The van der Waals surface area contributed by atoms with E-state index in [2.05, 4.69) is 15.1 Å². The van der Waals surface area contributed by atoms with E-state index in [1.807, 2.05) is 23.1 Å². The molecule has 0 aliphatic carbocycles. The van der Waals surface area contributed by atoms with Crippen molar-refractivity contribution in [3.63, 3.8) is 0 Å². The van der Waals surface area contributed by atoms with Crippen LogP contribution in [0, 0.1) is 12.4 Å². The van der Waals surface area contributed by atoms with Gasteiger partial charge in [0.2, 0.25) is 11.8 Å². The maximum Gasteiger partial charge on any atom is 0.255 e. The highest BCUT2D eigenvalue weighted by molar-refractivity contribution is 6.31. The molecular weight excluding hydrogens is 573 g/mol. The zero-order chi connectivity index (χ0) is 30.1. The van der Waals surface area contributed by atoms with Gasteiger partial charge in [-0.25, -0.2) is 9.24 Å². The Kier molecular flexibility index (Phi) is 8.02. The van der Waals surface area contributed by atoms with Gasteiger partial charge >= 0.3 is 0 Å². The summed E-state index contributed by atoms with van der Waals surface area (Å²) in [5, 5.41) is 2.90. The number of fused-ring (bicyclic) bond motifs is 1. The SMILES string of the molecule is [C-]#[N+]c1ccc(N2CCN(Cc3ccc(COc4cccc5c4CN([C@H]4CCC(=O)NC4=O)C5=O)c(Cl)c3)CC2)c(F)c1. The van der Waals surface area contributed by atoms with E-state index in [0.29, 0.717) is 59.3 Å². The number of hydrogen-bond acceptors (Lipinski definition) is 6. The molecule has 6 rings (SSSR count). The zero-order valence-electron chi connectivity index (χ0n) is 23.3. The van der Waals surface area contributed by atoms with Gasteiger partial charge < -0.3 is 14.5 Å². The number of amides is 3. The molecule has 2 fully saturated rings. The summed E-state index contributed by atoms with van der Waals surface area (Å²) >= 11 is 6.65. The number of halogens is 2. The number of carbonyl (C=O) groups excluding carboxylic acids is 3. The highest BCUT2D eigenvalue weighted by Crippen LogP contribution is 2.34. The van der Waals surface area contributed by atoms with Gasteiger partial charge in [-0.15, -0.1) is 0 Å². The van der Waals surface area contributed by atoms with Gasteiger partial charge in [-0.1, -0.05) is 35.9 Å². The molecule has 9 nitrogen and oxygen atoms in total. The van der Waals surface area contributed by atoms with E-state index in [9.17, 15) is 18.8 Å². The number of hydrogen-bond donors (Lipinski definition) is 1. The van der Waals surface area contributed by atoms with E-state index in [0.717, 1.165) is 24.2 Å². The number of piperidine rings is 1. The normalized spacial score (nSPS) is 18.8.